The second-order valence-electron chi connectivity index (χ2n) is 4.22. The van der Waals surface area contributed by atoms with Gasteiger partial charge >= 0.3 is 5.97 Å². The summed E-state index contributed by atoms with van der Waals surface area (Å²) in [6, 6.07) is 12.0. The lowest BCUT2D eigenvalue weighted by Crippen LogP contribution is -2.08. The van der Waals surface area contributed by atoms with Crippen molar-refractivity contribution >= 4 is 22.7 Å². The van der Waals surface area contributed by atoms with Gasteiger partial charge < -0.3 is 10.1 Å². The molecule has 100 valence electrons. The van der Waals surface area contributed by atoms with Crippen molar-refractivity contribution in [2.24, 2.45) is 0 Å². The molecule has 0 bridgehead atoms. The fourth-order valence-electron chi connectivity index (χ4n) is 1.85. The average molecular weight is 258 g/mol. The van der Waals surface area contributed by atoms with Crippen LogP contribution in [0.15, 0.2) is 36.4 Å². The summed E-state index contributed by atoms with van der Waals surface area (Å²) in [5.74, 6) is 0.693. The first-order valence-electron chi connectivity index (χ1n) is 6.55. The zero-order chi connectivity index (χ0) is 13.5. The van der Waals surface area contributed by atoms with Crippen molar-refractivity contribution in [1.29, 1.82) is 0 Å². The number of anilines is 1. The van der Waals surface area contributed by atoms with Gasteiger partial charge in [0.25, 0.3) is 0 Å². The molecule has 1 aromatic carbocycles. The van der Waals surface area contributed by atoms with Gasteiger partial charge in [-0.05, 0) is 31.5 Å². The van der Waals surface area contributed by atoms with Crippen LogP contribution in [-0.2, 0) is 9.53 Å². The molecule has 0 saturated heterocycles. The molecule has 0 unspecified atom stereocenters. The summed E-state index contributed by atoms with van der Waals surface area (Å²) in [6.45, 7) is 2.97. The minimum absolute atomic E-state index is 0.143. The molecule has 4 nitrogen and oxygen atoms in total. The molecule has 0 saturated carbocycles. The largest absolute Gasteiger partial charge is 0.466 e. The number of nitrogens with zero attached hydrogens (tertiary/aromatic N) is 1. The number of pyridine rings is 1. The number of benzene rings is 1. The van der Waals surface area contributed by atoms with Crippen LogP contribution < -0.4 is 5.32 Å². The molecule has 0 atom stereocenters. The highest BCUT2D eigenvalue weighted by Crippen LogP contribution is 2.14. The summed E-state index contributed by atoms with van der Waals surface area (Å²) < 4.78 is 4.87. The first kappa shape index (κ1) is 13.3. The standard InChI is InChI=1S/C15H18N2O2/c1-2-19-15(18)8-5-11-16-14-10-9-12-6-3-4-7-13(12)17-14/h3-4,6-7,9-10H,2,5,8,11H2,1H3,(H,16,17). The number of hydrogen-bond donors (Lipinski definition) is 1. The Labute approximate surface area is 112 Å². The molecule has 1 aromatic heterocycles. The summed E-state index contributed by atoms with van der Waals surface area (Å²) >= 11 is 0. The molecule has 0 aliphatic carbocycles. The van der Waals surface area contributed by atoms with Gasteiger partial charge in [0.05, 0.1) is 12.1 Å². The smallest absolute Gasteiger partial charge is 0.305 e. The monoisotopic (exact) mass is 258 g/mol. The third-order valence-electron chi connectivity index (χ3n) is 2.77. The lowest BCUT2D eigenvalue weighted by Gasteiger charge is -2.06. The van der Waals surface area contributed by atoms with Gasteiger partial charge in [0, 0.05) is 18.4 Å². The lowest BCUT2D eigenvalue weighted by molar-refractivity contribution is -0.143. The number of nitrogens with one attached hydrogen (secondary N) is 1. The SMILES string of the molecule is CCOC(=O)CCCNc1ccc2ccccc2n1. The van der Waals surface area contributed by atoms with Crippen LogP contribution in [-0.4, -0.2) is 24.1 Å². The fraction of sp³-hybridized carbons (Fsp3) is 0.333. The summed E-state index contributed by atoms with van der Waals surface area (Å²) in [6.07, 6.45) is 1.18. The molecular weight excluding hydrogens is 240 g/mol. The van der Waals surface area contributed by atoms with E-state index in [4.69, 9.17) is 4.74 Å². The van der Waals surface area contributed by atoms with Crippen LogP contribution in [0, 0.1) is 0 Å². The zero-order valence-corrected chi connectivity index (χ0v) is 11.1. The van der Waals surface area contributed by atoms with Crippen molar-refractivity contribution in [2.75, 3.05) is 18.5 Å². The second kappa shape index (κ2) is 6.73. The van der Waals surface area contributed by atoms with Crippen molar-refractivity contribution in [3.05, 3.63) is 36.4 Å². The number of carbonyl (C=O) groups excluding carboxylic acids is 1. The van der Waals surface area contributed by atoms with Crippen LogP contribution in [0.1, 0.15) is 19.8 Å². The quantitative estimate of drug-likeness (QED) is 0.639. The predicted octanol–water partition coefficient (Wildman–Crippen LogP) is 2.99. The van der Waals surface area contributed by atoms with Crippen molar-refractivity contribution < 1.29 is 9.53 Å². The minimum Gasteiger partial charge on any atom is -0.466 e. The molecule has 0 spiro atoms. The Bertz CT molecular complexity index is 555. The van der Waals surface area contributed by atoms with Crippen LogP contribution >= 0.6 is 0 Å². The van der Waals surface area contributed by atoms with Crippen molar-refractivity contribution in [3.8, 4) is 0 Å². The summed E-state index contributed by atoms with van der Waals surface area (Å²) in [7, 11) is 0. The van der Waals surface area contributed by atoms with Gasteiger partial charge in [0.1, 0.15) is 5.82 Å². The normalized spacial score (nSPS) is 10.4. The number of esters is 1. The molecule has 19 heavy (non-hydrogen) atoms. The van der Waals surface area contributed by atoms with Crippen molar-refractivity contribution in [1.82, 2.24) is 4.98 Å². The lowest BCUT2D eigenvalue weighted by atomic mass is 10.2. The van der Waals surface area contributed by atoms with Gasteiger partial charge in [-0.3, -0.25) is 4.79 Å². The van der Waals surface area contributed by atoms with E-state index in [1.54, 1.807) is 0 Å². The van der Waals surface area contributed by atoms with Crippen molar-refractivity contribution in [2.45, 2.75) is 19.8 Å². The van der Waals surface area contributed by atoms with E-state index in [0.717, 1.165) is 23.1 Å². The van der Waals surface area contributed by atoms with Crippen LogP contribution in [0.4, 0.5) is 5.82 Å². The van der Waals surface area contributed by atoms with E-state index in [1.165, 1.54) is 0 Å². The summed E-state index contributed by atoms with van der Waals surface area (Å²) in [5.41, 5.74) is 0.970. The van der Waals surface area contributed by atoms with Gasteiger partial charge in [-0.25, -0.2) is 4.98 Å². The average Bonchev–Trinajstić information content (AvgIpc) is 2.44. The van der Waals surface area contributed by atoms with E-state index < -0.39 is 0 Å². The van der Waals surface area contributed by atoms with Gasteiger partial charge in [-0.1, -0.05) is 18.2 Å². The summed E-state index contributed by atoms with van der Waals surface area (Å²) in [5, 5.41) is 4.34. The van der Waals surface area contributed by atoms with Crippen LogP contribution in [0.5, 0.6) is 0 Å². The molecule has 2 aromatic rings. The minimum atomic E-state index is -0.143. The van der Waals surface area contributed by atoms with E-state index >= 15 is 0 Å². The molecule has 4 heteroatoms. The van der Waals surface area contributed by atoms with Gasteiger partial charge in [0.2, 0.25) is 0 Å². The number of aromatic nitrogens is 1. The van der Waals surface area contributed by atoms with Gasteiger partial charge in [-0.15, -0.1) is 0 Å². The Kier molecular flexibility index (Phi) is 4.72. The van der Waals surface area contributed by atoms with E-state index in [0.29, 0.717) is 19.6 Å². The number of rotatable bonds is 6. The number of carbonyl (C=O) groups is 1. The van der Waals surface area contributed by atoms with Crippen LogP contribution in [0.3, 0.4) is 0 Å². The molecule has 0 radical (unpaired) electrons. The molecule has 1 N–H and O–H groups in total. The zero-order valence-electron chi connectivity index (χ0n) is 11.1. The Morgan fingerprint density at radius 1 is 1.26 bits per heavy atom. The Morgan fingerprint density at radius 2 is 2.11 bits per heavy atom. The van der Waals surface area contributed by atoms with Gasteiger partial charge in [-0.2, -0.15) is 0 Å². The topological polar surface area (TPSA) is 51.2 Å². The first-order chi connectivity index (χ1) is 9.29. The van der Waals surface area contributed by atoms with Crippen LogP contribution in [0.2, 0.25) is 0 Å². The van der Waals surface area contributed by atoms with Gasteiger partial charge in [0.15, 0.2) is 0 Å². The molecule has 0 fully saturated rings. The summed E-state index contributed by atoms with van der Waals surface area (Å²) in [4.78, 5) is 15.7. The molecule has 0 amide bonds. The van der Waals surface area contributed by atoms with Crippen LogP contribution in [0.25, 0.3) is 10.9 Å². The molecule has 1 heterocycles. The number of hydrogen-bond acceptors (Lipinski definition) is 4. The third kappa shape index (κ3) is 3.95. The third-order valence-corrected chi connectivity index (χ3v) is 2.77. The fourth-order valence-corrected chi connectivity index (χ4v) is 1.85. The maximum atomic E-state index is 11.2. The maximum absolute atomic E-state index is 11.2. The first-order valence-corrected chi connectivity index (χ1v) is 6.55. The second-order valence-corrected chi connectivity index (χ2v) is 4.22. The van der Waals surface area contributed by atoms with E-state index in [-0.39, 0.29) is 5.97 Å². The van der Waals surface area contributed by atoms with E-state index in [2.05, 4.69) is 10.3 Å². The maximum Gasteiger partial charge on any atom is 0.305 e. The highest BCUT2D eigenvalue weighted by molar-refractivity contribution is 5.80. The molecule has 2 rings (SSSR count). The van der Waals surface area contributed by atoms with E-state index in [9.17, 15) is 4.79 Å². The molecule has 0 aliphatic rings. The number of ether oxygens (including phenoxy) is 1. The highest BCUT2D eigenvalue weighted by atomic mass is 16.5. The Hall–Kier alpha value is -2.10. The predicted molar refractivity (Wildman–Crippen MR) is 76.1 cm³/mol. The Balaban J connectivity index is 1.83. The molecular formula is C15H18N2O2. The number of para-hydroxylation sites is 1. The van der Waals surface area contributed by atoms with Crippen molar-refractivity contribution in [3.63, 3.8) is 0 Å². The van der Waals surface area contributed by atoms with E-state index in [1.807, 2.05) is 43.3 Å². The highest BCUT2D eigenvalue weighted by Gasteiger charge is 2.01. The molecule has 0 aliphatic heterocycles. The Morgan fingerprint density at radius 3 is 2.95 bits per heavy atom. The number of fused-ring (bicyclic) bond motifs is 1.